The Morgan fingerprint density at radius 1 is 1.11 bits per heavy atom. The molecule has 1 atom stereocenters. The largest absolute Gasteiger partial charge is 0.479 e. The van der Waals surface area contributed by atoms with Crippen molar-refractivity contribution in [3.63, 3.8) is 0 Å². The van der Waals surface area contributed by atoms with Crippen LogP contribution in [0.2, 0.25) is 0 Å². The van der Waals surface area contributed by atoms with Crippen molar-refractivity contribution in [3.8, 4) is 0 Å². The van der Waals surface area contributed by atoms with Crippen LogP contribution in [0.15, 0.2) is 30.3 Å². The van der Waals surface area contributed by atoms with Crippen molar-refractivity contribution in [3.05, 3.63) is 35.9 Å². The second kappa shape index (κ2) is 9.63. The second-order valence-electron chi connectivity index (χ2n) is 7.01. The number of sulfone groups is 1. The summed E-state index contributed by atoms with van der Waals surface area (Å²) in [4.78, 5) is 11.6. The van der Waals surface area contributed by atoms with E-state index in [9.17, 15) is 26.7 Å². The average molecular weight is 423 g/mol. The lowest BCUT2D eigenvalue weighted by molar-refractivity contribution is -0.162. The molecular formula is C17H26O8S2. The third-order valence-electron chi connectivity index (χ3n) is 3.71. The Morgan fingerprint density at radius 2 is 1.70 bits per heavy atom. The minimum atomic E-state index is -3.98. The second-order valence-corrected chi connectivity index (χ2v) is 11.0. The lowest BCUT2D eigenvalue weighted by Gasteiger charge is -2.30. The van der Waals surface area contributed by atoms with Crippen LogP contribution in [0, 0.1) is 5.41 Å². The fourth-order valence-corrected chi connectivity index (χ4v) is 4.21. The molecule has 0 aliphatic rings. The Morgan fingerprint density at radius 3 is 2.22 bits per heavy atom. The first-order valence-corrected chi connectivity index (χ1v) is 11.9. The highest BCUT2D eigenvalue weighted by Gasteiger charge is 2.38. The molecule has 8 nitrogen and oxygen atoms in total. The summed E-state index contributed by atoms with van der Waals surface area (Å²) in [6, 6.07) is 8.99. The maximum Gasteiger partial charge on any atom is 0.333 e. The van der Waals surface area contributed by atoms with Gasteiger partial charge in [0.15, 0.2) is 6.10 Å². The molecule has 0 saturated heterocycles. The Balaban J connectivity index is 2.66. The summed E-state index contributed by atoms with van der Waals surface area (Å²) < 4.78 is 56.4. The maximum atomic E-state index is 11.9. The Bertz CT molecular complexity index is 814. The summed E-state index contributed by atoms with van der Waals surface area (Å²) in [5.74, 6) is -1.95. The van der Waals surface area contributed by atoms with Crippen LogP contribution >= 0.6 is 0 Å². The van der Waals surface area contributed by atoms with Crippen LogP contribution in [0.5, 0.6) is 0 Å². The number of carboxylic acid groups (broad SMARTS) is 1. The third-order valence-corrected chi connectivity index (χ3v) is 6.01. The van der Waals surface area contributed by atoms with Crippen molar-refractivity contribution in [2.24, 2.45) is 5.41 Å². The fourth-order valence-electron chi connectivity index (χ4n) is 2.26. The van der Waals surface area contributed by atoms with Crippen LogP contribution in [-0.2, 0) is 40.3 Å². The van der Waals surface area contributed by atoms with E-state index in [0.29, 0.717) is 0 Å². The van der Waals surface area contributed by atoms with Gasteiger partial charge in [0.05, 0.1) is 24.7 Å². The number of hydrogen-bond acceptors (Lipinski definition) is 7. The van der Waals surface area contributed by atoms with Gasteiger partial charge in [-0.15, -0.1) is 0 Å². The molecule has 0 amide bonds. The molecule has 1 unspecified atom stereocenters. The van der Waals surface area contributed by atoms with E-state index < -0.39 is 49.8 Å². The van der Waals surface area contributed by atoms with Gasteiger partial charge in [0.25, 0.3) is 10.1 Å². The van der Waals surface area contributed by atoms with E-state index in [2.05, 4.69) is 0 Å². The zero-order valence-corrected chi connectivity index (χ0v) is 17.3. The van der Waals surface area contributed by atoms with Crippen molar-refractivity contribution in [1.82, 2.24) is 0 Å². The third kappa shape index (κ3) is 9.32. The van der Waals surface area contributed by atoms with Gasteiger partial charge < -0.3 is 9.84 Å². The van der Waals surface area contributed by atoms with Gasteiger partial charge in [-0.25, -0.2) is 13.2 Å². The van der Waals surface area contributed by atoms with E-state index in [4.69, 9.17) is 8.92 Å². The molecule has 0 fully saturated rings. The highest BCUT2D eigenvalue weighted by molar-refractivity contribution is 7.90. The van der Waals surface area contributed by atoms with Crippen LogP contribution in [0.1, 0.15) is 25.8 Å². The van der Waals surface area contributed by atoms with E-state index in [1.807, 2.05) is 6.07 Å². The summed E-state index contributed by atoms with van der Waals surface area (Å²) in [6.07, 6.45) is -0.358. The average Bonchev–Trinajstić information content (AvgIpc) is 2.52. The van der Waals surface area contributed by atoms with Crippen molar-refractivity contribution in [2.45, 2.75) is 33.0 Å². The van der Waals surface area contributed by atoms with Crippen LogP contribution in [0.3, 0.4) is 0 Å². The van der Waals surface area contributed by atoms with Gasteiger partial charge in [0, 0.05) is 11.7 Å². The Labute approximate surface area is 160 Å². The predicted molar refractivity (Wildman–Crippen MR) is 101 cm³/mol. The van der Waals surface area contributed by atoms with E-state index in [1.165, 1.54) is 13.8 Å². The molecule has 0 radical (unpaired) electrons. The van der Waals surface area contributed by atoms with Crippen LogP contribution in [-0.4, -0.2) is 58.4 Å². The molecule has 1 N–H and O–H groups in total. The van der Waals surface area contributed by atoms with Crippen LogP contribution in [0.4, 0.5) is 0 Å². The quantitative estimate of drug-likeness (QED) is 0.502. The molecule has 0 aliphatic carbocycles. The summed E-state index contributed by atoms with van der Waals surface area (Å²) in [5.41, 5.74) is -0.348. The van der Waals surface area contributed by atoms with Gasteiger partial charge in [0.1, 0.15) is 9.84 Å². The number of aliphatic carboxylic acids is 1. The molecule has 1 aromatic carbocycles. The number of carboxylic acids is 1. The first-order chi connectivity index (χ1) is 12.3. The maximum absolute atomic E-state index is 11.9. The Kier molecular flexibility index (Phi) is 8.40. The van der Waals surface area contributed by atoms with Gasteiger partial charge in [0.2, 0.25) is 0 Å². The highest BCUT2D eigenvalue weighted by atomic mass is 32.2. The number of rotatable bonds is 12. The predicted octanol–water partition coefficient (Wildman–Crippen LogP) is 1.46. The first-order valence-electron chi connectivity index (χ1n) is 8.25. The number of ether oxygens (including phenoxy) is 1. The molecule has 0 saturated carbocycles. The molecule has 0 aromatic heterocycles. The standard InChI is InChI=1S/C17H26O8S2/c1-17(2,13-25-27(22,23)11-7-10-26(3,20)21)15(16(18)19)24-12-14-8-5-4-6-9-14/h4-6,8-9,15H,7,10-13H2,1-3H3,(H,18,19). The van der Waals surface area contributed by atoms with E-state index in [0.717, 1.165) is 11.8 Å². The summed E-state index contributed by atoms with van der Waals surface area (Å²) in [7, 11) is -7.24. The monoisotopic (exact) mass is 422 g/mol. The minimum absolute atomic E-state index is 0.0579. The van der Waals surface area contributed by atoms with Gasteiger partial charge in [-0.2, -0.15) is 8.42 Å². The lowest BCUT2D eigenvalue weighted by Crippen LogP contribution is -2.42. The summed E-state index contributed by atoms with van der Waals surface area (Å²) in [6.45, 7) is 2.72. The molecule has 27 heavy (non-hydrogen) atoms. The zero-order valence-electron chi connectivity index (χ0n) is 15.6. The highest BCUT2D eigenvalue weighted by Crippen LogP contribution is 2.26. The van der Waals surface area contributed by atoms with Gasteiger partial charge in [-0.05, 0) is 12.0 Å². The first kappa shape index (κ1) is 23.5. The zero-order chi connectivity index (χ0) is 20.7. The van der Waals surface area contributed by atoms with E-state index in [-0.39, 0.29) is 18.8 Å². The molecule has 0 aliphatic heterocycles. The van der Waals surface area contributed by atoms with E-state index >= 15 is 0 Å². The minimum Gasteiger partial charge on any atom is -0.479 e. The molecule has 1 aromatic rings. The number of benzene rings is 1. The lowest BCUT2D eigenvalue weighted by atomic mass is 9.87. The molecular weight excluding hydrogens is 396 g/mol. The van der Waals surface area contributed by atoms with Gasteiger partial charge >= 0.3 is 5.97 Å². The summed E-state index contributed by atoms with van der Waals surface area (Å²) in [5, 5.41) is 9.45. The number of hydrogen-bond donors (Lipinski definition) is 1. The molecule has 154 valence electrons. The van der Waals surface area contributed by atoms with Crippen molar-refractivity contribution >= 4 is 25.9 Å². The molecule has 0 spiro atoms. The van der Waals surface area contributed by atoms with Crippen LogP contribution < -0.4 is 0 Å². The fraction of sp³-hybridized carbons (Fsp3) is 0.588. The van der Waals surface area contributed by atoms with Crippen molar-refractivity contribution in [2.75, 3.05) is 24.4 Å². The topological polar surface area (TPSA) is 124 Å². The normalized spacial score (nSPS) is 14.0. The molecule has 0 bridgehead atoms. The molecule has 1 rings (SSSR count). The number of carbonyl (C=O) groups is 1. The smallest absolute Gasteiger partial charge is 0.333 e. The molecule has 10 heteroatoms. The Hall–Kier alpha value is -1.49. The van der Waals surface area contributed by atoms with Crippen molar-refractivity contribution in [1.29, 1.82) is 0 Å². The summed E-state index contributed by atoms with van der Waals surface area (Å²) >= 11 is 0. The molecule has 0 heterocycles. The van der Waals surface area contributed by atoms with Crippen molar-refractivity contribution < 1.29 is 35.7 Å². The SMILES string of the molecule is CC(C)(COS(=O)(=O)CCCS(C)(=O)=O)C(OCc1ccccc1)C(=O)O. The van der Waals surface area contributed by atoms with Gasteiger partial charge in [-0.3, -0.25) is 4.18 Å². The van der Waals surface area contributed by atoms with Gasteiger partial charge in [-0.1, -0.05) is 44.2 Å². The van der Waals surface area contributed by atoms with E-state index in [1.54, 1.807) is 24.3 Å². The van der Waals surface area contributed by atoms with Crippen LogP contribution in [0.25, 0.3) is 0 Å².